The molecule has 2 aromatic carbocycles. The quantitative estimate of drug-likeness (QED) is 0.462. The predicted octanol–water partition coefficient (Wildman–Crippen LogP) is 2.60. The van der Waals surface area contributed by atoms with Gasteiger partial charge in [0.25, 0.3) is 5.56 Å². The molecule has 0 saturated heterocycles. The molecule has 2 N–H and O–H groups in total. The Bertz CT molecular complexity index is 1350. The van der Waals surface area contributed by atoms with E-state index in [1.54, 1.807) is 42.7 Å². The van der Waals surface area contributed by atoms with Gasteiger partial charge in [-0.05, 0) is 36.8 Å². The van der Waals surface area contributed by atoms with Gasteiger partial charge in [-0.3, -0.25) is 4.79 Å². The van der Waals surface area contributed by atoms with Gasteiger partial charge >= 0.3 is 5.97 Å². The van der Waals surface area contributed by atoms with Crippen LogP contribution in [0, 0.1) is 0 Å². The van der Waals surface area contributed by atoms with Gasteiger partial charge in [0.1, 0.15) is 5.75 Å². The topological polar surface area (TPSA) is 122 Å². The van der Waals surface area contributed by atoms with Crippen LogP contribution in [0.3, 0.4) is 0 Å². The highest BCUT2D eigenvalue weighted by Crippen LogP contribution is 2.24. The summed E-state index contributed by atoms with van der Waals surface area (Å²) in [6.07, 6.45) is 3.23. The first-order valence-electron chi connectivity index (χ1n) is 9.86. The summed E-state index contributed by atoms with van der Waals surface area (Å²) in [5.41, 5.74) is 7.65. The molecule has 0 spiro atoms. The van der Waals surface area contributed by atoms with Gasteiger partial charge in [-0.25, -0.2) is 19.4 Å². The van der Waals surface area contributed by atoms with Gasteiger partial charge in [0.05, 0.1) is 30.4 Å². The summed E-state index contributed by atoms with van der Waals surface area (Å²) < 4.78 is 11.5. The molecule has 2 heterocycles. The number of hydrogen-bond acceptors (Lipinski definition) is 8. The van der Waals surface area contributed by atoms with Crippen LogP contribution in [-0.4, -0.2) is 39.4 Å². The zero-order valence-electron chi connectivity index (χ0n) is 17.6. The second kappa shape index (κ2) is 8.84. The van der Waals surface area contributed by atoms with E-state index in [1.165, 1.54) is 11.8 Å². The van der Waals surface area contributed by atoms with Crippen molar-refractivity contribution in [2.24, 2.45) is 0 Å². The van der Waals surface area contributed by atoms with E-state index in [0.29, 0.717) is 16.8 Å². The van der Waals surface area contributed by atoms with Crippen LogP contribution in [0.1, 0.15) is 18.5 Å². The molecule has 2 aromatic heterocycles. The Kier molecular flexibility index (Phi) is 5.80. The summed E-state index contributed by atoms with van der Waals surface area (Å²) in [7, 11) is 1.30. The number of methoxy groups -OCH3 is 1. The molecular formula is C23H21N5O4. The van der Waals surface area contributed by atoms with Crippen LogP contribution in [0.2, 0.25) is 0 Å². The third-order valence-corrected chi connectivity index (χ3v) is 5.07. The third kappa shape index (κ3) is 4.27. The smallest absolute Gasteiger partial charge is 0.343 e. The number of carbonyl (C=O) groups excluding carboxylic acids is 1. The lowest BCUT2D eigenvalue weighted by Gasteiger charge is -2.16. The molecule has 0 saturated carbocycles. The Morgan fingerprint density at radius 1 is 1.19 bits per heavy atom. The van der Waals surface area contributed by atoms with Crippen molar-refractivity contribution in [2.75, 3.05) is 19.5 Å². The molecule has 0 fully saturated rings. The molecule has 162 valence electrons. The van der Waals surface area contributed by atoms with Crippen molar-refractivity contribution in [3.63, 3.8) is 0 Å². The number of benzene rings is 2. The number of carbonyl (C=O) groups is 1. The van der Waals surface area contributed by atoms with Crippen LogP contribution in [0.25, 0.3) is 22.0 Å². The van der Waals surface area contributed by atoms with E-state index in [4.69, 9.17) is 10.5 Å². The Hall–Kier alpha value is -4.27. The number of esters is 1. The summed E-state index contributed by atoms with van der Waals surface area (Å²) in [5, 5.41) is 5.60. The molecule has 9 heteroatoms. The molecule has 4 rings (SSSR count). The van der Waals surface area contributed by atoms with E-state index in [0.717, 1.165) is 16.5 Å². The molecule has 0 aliphatic heterocycles. The molecule has 0 amide bonds. The normalized spacial score (nSPS) is 11.8. The van der Waals surface area contributed by atoms with Crippen molar-refractivity contribution in [1.29, 1.82) is 0 Å². The summed E-state index contributed by atoms with van der Waals surface area (Å²) in [5.74, 6) is 0.187. The van der Waals surface area contributed by atoms with Crippen molar-refractivity contribution >= 4 is 22.7 Å². The number of ether oxygens (including phenoxy) is 2. The first kappa shape index (κ1) is 21.0. The van der Waals surface area contributed by atoms with Gasteiger partial charge in [0.2, 0.25) is 5.95 Å². The number of nitrogens with zero attached hydrogens (tertiary/aromatic N) is 4. The molecule has 9 nitrogen and oxygen atoms in total. The minimum absolute atomic E-state index is 0.164. The monoisotopic (exact) mass is 431 g/mol. The lowest BCUT2D eigenvalue weighted by molar-refractivity contribution is -0.142. The van der Waals surface area contributed by atoms with Gasteiger partial charge in [0.15, 0.2) is 6.61 Å². The van der Waals surface area contributed by atoms with E-state index in [1.807, 2.05) is 25.1 Å². The highest BCUT2D eigenvalue weighted by molar-refractivity contribution is 5.85. The summed E-state index contributed by atoms with van der Waals surface area (Å²) in [4.78, 5) is 32.7. The lowest BCUT2D eigenvalue weighted by atomic mass is 10.1. The minimum Gasteiger partial charge on any atom is -0.482 e. The van der Waals surface area contributed by atoms with Crippen LogP contribution in [-0.2, 0) is 9.53 Å². The Balaban J connectivity index is 1.69. The van der Waals surface area contributed by atoms with Crippen molar-refractivity contribution in [2.45, 2.75) is 13.0 Å². The Labute approximate surface area is 183 Å². The molecular weight excluding hydrogens is 410 g/mol. The second-order valence-corrected chi connectivity index (χ2v) is 7.11. The Morgan fingerprint density at radius 2 is 2.03 bits per heavy atom. The van der Waals surface area contributed by atoms with Crippen molar-refractivity contribution in [3.05, 3.63) is 76.8 Å². The number of aromatic nitrogens is 4. The molecule has 4 aromatic rings. The number of fused-ring (bicyclic) bond motifs is 1. The average molecular weight is 431 g/mol. The number of nitrogen functional groups attached to an aromatic ring is 1. The maximum atomic E-state index is 13.3. The number of nitrogens with two attached hydrogens (primary N) is 1. The molecule has 32 heavy (non-hydrogen) atoms. The minimum atomic E-state index is -0.475. The standard InChI is InChI=1S/C23H21N5O4/c1-14(15-4-3-5-18(10-15)32-13-21(29)31-2)28-22(30)19-11-16(6-7-17(19)12-26-28)20-8-9-25-23(24)27-20/h3-12,14H,13H2,1-2H3,(H2,24,25,27)/t14-/m1/s1. The zero-order chi connectivity index (χ0) is 22.7. The zero-order valence-corrected chi connectivity index (χ0v) is 17.6. The van der Waals surface area contributed by atoms with E-state index in [9.17, 15) is 9.59 Å². The SMILES string of the molecule is COC(=O)COc1cccc([C@@H](C)n2ncc3ccc(-c4ccnc(N)n4)cc3c2=O)c1. The lowest BCUT2D eigenvalue weighted by Crippen LogP contribution is -2.26. The fourth-order valence-electron chi connectivity index (χ4n) is 3.33. The van der Waals surface area contributed by atoms with Gasteiger partial charge in [-0.2, -0.15) is 5.10 Å². The largest absolute Gasteiger partial charge is 0.482 e. The van der Waals surface area contributed by atoms with Crippen LogP contribution < -0.4 is 16.0 Å². The van der Waals surface area contributed by atoms with E-state index < -0.39 is 5.97 Å². The van der Waals surface area contributed by atoms with Crippen LogP contribution in [0.5, 0.6) is 5.75 Å². The van der Waals surface area contributed by atoms with Gasteiger partial charge in [-0.15, -0.1) is 0 Å². The van der Waals surface area contributed by atoms with Gasteiger partial charge < -0.3 is 15.2 Å². The van der Waals surface area contributed by atoms with Crippen molar-refractivity contribution < 1.29 is 14.3 Å². The van der Waals surface area contributed by atoms with Crippen molar-refractivity contribution in [3.8, 4) is 17.0 Å². The maximum absolute atomic E-state index is 13.3. The third-order valence-electron chi connectivity index (χ3n) is 5.07. The van der Waals surface area contributed by atoms with Crippen LogP contribution in [0.15, 0.2) is 65.7 Å². The highest BCUT2D eigenvalue weighted by atomic mass is 16.6. The number of rotatable bonds is 6. The fraction of sp³-hybridized carbons (Fsp3) is 0.174. The first-order valence-corrected chi connectivity index (χ1v) is 9.86. The molecule has 0 bridgehead atoms. The number of anilines is 1. The highest BCUT2D eigenvalue weighted by Gasteiger charge is 2.15. The van der Waals surface area contributed by atoms with Gasteiger partial charge in [-0.1, -0.05) is 24.3 Å². The molecule has 0 radical (unpaired) electrons. The first-order chi connectivity index (χ1) is 15.5. The second-order valence-electron chi connectivity index (χ2n) is 7.11. The molecule has 0 aliphatic carbocycles. The van der Waals surface area contributed by atoms with E-state index in [-0.39, 0.29) is 24.2 Å². The summed E-state index contributed by atoms with van der Waals surface area (Å²) in [6, 6.07) is 14.0. The molecule has 0 unspecified atom stereocenters. The van der Waals surface area contributed by atoms with Crippen molar-refractivity contribution in [1.82, 2.24) is 19.7 Å². The number of hydrogen-bond donors (Lipinski definition) is 1. The van der Waals surface area contributed by atoms with E-state index >= 15 is 0 Å². The Morgan fingerprint density at radius 3 is 2.81 bits per heavy atom. The predicted molar refractivity (Wildman–Crippen MR) is 119 cm³/mol. The molecule has 1 atom stereocenters. The van der Waals surface area contributed by atoms with Crippen LogP contribution in [0.4, 0.5) is 5.95 Å². The van der Waals surface area contributed by atoms with Crippen LogP contribution >= 0.6 is 0 Å². The average Bonchev–Trinajstić information content (AvgIpc) is 2.82. The van der Waals surface area contributed by atoms with Gasteiger partial charge in [0, 0.05) is 17.1 Å². The summed E-state index contributed by atoms with van der Waals surface area (Å²) >= 11 is 0. The fourth-order valence-corrected chi connectivity index (χ4v) is 3.33. The maximum Gasteiger partial charge on any atom is 0.343 e. The van der Waals surface area contributed by atoms with E-state index in [2.05, 4.69) is 19.8 Å². The molecule has 0 aliphatic rings. The summed E-state index contributed by atoms with van der Waals surface area (Å²) in [6.45, 7) is 1.67.